The van der Waals surface area contributed by atoms with Crippen molar-refractivity contribution in [2.45, 2.75) is 25.8 Å². The van der Waals surface area contributed by atoms with Crippen LogP contribution >= 0.6 is 0 Å². The van der Waals surface area contributed by atoms with Gasteiger partial charge in [0.05, 0.1) is 6.61 Å². The summed E-state index contributed by atoms with van der Waals surface area (Å²) in [4.78, 5) is 16.0. The van der Waals surface area contributed by atoms with Crippen LogP contribution in [0.25, 0.3) is 5.57 Å². The minimum Gasteiger partial charge on any atom is -0.494 e. The first-order chi connectivity index (χ1) is 12.5. The van der Waals surface area contributed by atoms with Gasteiger partial charge in [-0.2, -0.15) is 0 Å². The van der Waals surface area contributed by atoms with Gasteiger partial charge in [0.25, 0.3) is 0 Å². The Labute approximate surface area is 153 Å². The molecule has 1 aromatic heterocycles. The van der Waals surface area contributed by atoms with Crippen molar-refractivity contribution in [3.63, 3.8) is 0 Å². The van der Waals surface area contributed by atoms with Gasteiger partial charge in [0.1, 0.15) is 5.76 Å². The first-order valence-electron chi connectivity index (χ1n) is 8.52. The first kappa shape index (κ1) is 17.7. The van der Waals surface area contributed by atoms with E-state index in [1.807, 2.05) is 49.4 Å². The van der Waals surface area contributed by atoms with E-state index in [1.54, 1.807) is 25.5 Å². The Balaban J connectivity index is 1.87. The monoisotopic (exact) mass is 350 g/mol. The lowest BCUT2D eigenvalue weighted by Crippen LogP contribution is -2.51. The Bertz CT molecular complexity index is 844. The molecule has 0 saturated heterocycles. The van der Waals surface area contributed by atoms with Gasteiger partial charge in [-0.1, -0.05) is 36.4 Å². The van der Waals surface area contributed by atoms with Crippen LogP contribution in [0.5, 0.6) is 0 Å². The fourth-order valence-corrected chi connectivity index (χ4v) is 3.04. The number of benzene rings is 1. The number of rotatable bonds is 6. The third kappa shape index (κ3) is 3.47. The van der Waals surface area contributed by atoms with Crippen LogP contribution in [-0.2, 0) is 16.0 Å². The third-order valence-electron chi connectivity index (χ3n) is 4.58. The number of hydrogen-bond acceptors (Lipinski definition) is 4. The van der Waals surface area contributed by atoms with Crippen molar-refractivity contribution in [1.29, 1.82) is 0 Å². The second kappa shape index (κ2) is 7.44. The zero-order valence-electron chi connectivity index (χ0n) is 14.9. The van der Waals surface area contributed by atoms with Crippen LogP contribution < -0.4 is 5.32 Å². The summed E-state index contributed by atoms with van der Waals surface area (Å²) in [5, 5.41) is 12.7. The standard InChI is InChI=1S/C21H22N2O3/c1-15-18(17-9-6-11-22-13-17)14-23-21(2,20(24)25)19(15)26-12-10-16-7-4-3-5-8-16/h3-9,11,13-14,23H,10,12H2,1-2H3,(H,24,25). The number of ether oxygens (including phenoxy) is 1. The molecule has 2 heterocycles. The molecule has 0 aliphatic carbocycles. The highest BCUT2D eigenvalue weighted by molar-refractivity contribution is 5.89. The van der Waals surface area contributed by atoms with E-state index in [2.05, 4.69) is 10.3 Å². The molecule has 1 atom stereocenters. The van der Waals surface area contributed by atoms with E-state index in [1.165, 1.54) is 0 Å². The quantitative estimate of drug-likeness (QED) is 0.835. The van der Waals surface area contributed by atoms with Crippen LogP contribution in [0.15, 0.2) is 72.4 Å². The molecule has 0 radical (unpaired) electrons. The van der Waals surface area contributed by atoms with Gasteiger partial charge < -0.3 is 15.2 Å². The van der Waals surface area contributed by atoms with Gasteiger partial charge in [-0.15, -0.1) is 0 Å². The van der Waals surface area contributed by atoms with Gasteiger partial charge in [-0.3, -0.25) is 4.98 Å². The summed E-state index contributed by atoms with van der Waals surface area (Å²) in [5.41, 5.74) is 2.44. The summed E-state index contributed by atoms with van der Waals surface area (Å²) >= 11 is 0. The molecule has 0 spiro atoms. The first-order valence-corrected chi connectivity index (χ1v) is 8.52. The van der Waals surface area contributed by atoms with Crippen molar-refractivity contribution in [2.24, 2.45) is 0 Å². The van der Waals surface area contributed by atoms with E-state index in [0.717, 1.165) is 22.3 Å². The molecule has 0 fully saturated rings. The van der Waals surface area contributed by atoms with E-state index in [0.29, 0.717) is 18.8 Å². The maximum absolute atomic E-state index is 11.9. The topological polar surface area (TPSA) is 71.5 Å². The molecule has 1 unspecified atom stereocenters. The Kier molecular flexibility index (Phi) is 5.07. The molecule has 1 aromatic carbocycles. The highest BCUT2D eigenvalue weighted by Crippen LogP contribution is 2.34. The number of carboxylic acids is 1. The third-order valence-corrected chi connectivity index (χ3v) is 4.58. The number of allylic oxidation sites excluding steroid dienone is 2. The Morgan fingerprint density at radius 3 is 2.65 bits per heavy atom. The minimum atomic E-state index is -1.30. The number of pyridine rings is 1. The molecule has 134 valence electrons. The van der Waals surface area contributed by atoms with Gasteiger partial charge in [-0.25, -0.2) is 4.79 Å². The number of dihydropyridines is 1. The average molecular weight is 350 g/mol. The molecular formula is C21H22N2O3. The number of carboxylic acid groups (broad SMARTS) is 1. The molecule has 3 rings (SSSR count). The molecule has 0 bridgehead atoms. The fourth-order valence-electron chi connectivity index (χ4n) is 3.04. The van der Waals surface area contributed by atoms with Gasteiger partial charge in [-0.05, 0) is 31.1 Å². The van der Waals surface area contributed by atoms with Crippen molar-refractivity contribution >= 4 is 11.5 Å². The summed E-state index contributed by atoms with van der Waals surface area (Å²) in [6.45, 7) is 3.91. The number of nitrogens with zero attached hydrogens (tertiary/aromatic N) is 1. The van der Waals surface area contributed by atoms with Crippen LogP contribution in [0.2, 0.25) is 0 Å². The molecule has 5 heteroatoms. The molecule has 1 aliphatic rings. The lowest BCUT2D eigenvalue weighted by atomic mass is 9.88. The molecule has 2 N–H and O–H groups in total. The number of aromatic nitrogens is 1. The molecule has 26 heavy (non-hydrogen) atoms. The van der Waals surface area contributed by atoms with Crippen LogP contribution in [0.4, 0.5) is 0 Å². The van der Waals surface area contributed by atoms with E-state index >= 15 is 0 Å². The predicted molar refractivity (Wildman–Crippen MR) is 100 cm³/mol. The van der Waals surface area contributed by atoms with Crippen molar-refractivity contribution in [3.8, 4) is 0 Å². The van der Waals surface area contributed by atoms with Crippen LogP contribution in [-0.4, -0.2) is 28.2 Å². The number of carbonyl (C=O) groups is 1. The van der Waals surface area contributed by atoms with Gasteiger partial charge in [0.15, 0.2) is 5.54 Å². The maximum atomic E-state index is 11.9. The molecular weight excluding hydrogens is 328 g/mol. The SMILES string of the molecule is CC1=C(OCCc2ccccc2)C(C)(C(=O)O)NC=C1c1cccnc1. The van der Waals surface area contributed by atoms with E-state index < -0.39 is 11.5 Å². The predicted octanol–water partition coefficient (Wildman–Crippen LogP) is 3.40. The van der Waals surface area contributed by atoms with Gasteiger partial charge >= 0.3 is 5.97 Å². The zero-order chi connectivity index (χ0) is 18.6. The van der Waals surface area contributed by atoms with Crippen LogP contribution in [0.3, 0.4) is 0 Å². The van der Waals surface area contributed by atoms with Gasteiger partial charge in [0.2, 0.25) is 0 Å². The van der Waals surface area contributed by atoms with E-state index in [9.17, 15) is 9.90 Å². The molecule has 0 saturated carbocycles. The second-order valence-electron chi connectivity index (χ2n) is 6.41. The summed E-state index contributed by atoms with van der Waals surface area (Å²) in [6.07, 6.45) is 5.89. The zero-order valence-corrected chi connectivity index (χ0v) is 14.9. The van der Waals surface area contributed by atoms with Crippen molar-refractivity contribution < 1.29 is 14.6 Å². The summed E-state index contributed by atoms with van der Waals surface area (Å²) < 4.78 is 6.00. The van der Waals surface area contributed by atoms with Crippen molar-refractivity contribution in [2.75, 3.05) is 6.61 Å². The Morgan fingerprint density at radius 2 is 2.00 bits per heavy atom. The van der Waals surface area contributed by atoms with E-state index in [-0.39, 0.29) is 0 Å². The molecule has 0 amide bonds. The summed E-state index contributed by atoms with van der Waals surface area (Å²) in [7, 11) is 0. The number of aliphatic carboxylic acids is 1. The number of nitrogens with one attached hydrogen (secondary N) is 1. The smallest absolute Gasteiger partial charge is 0.337 e. The molecule has 2 aromatic rings. The van der Waals surface area contributed by atoms with Crippen LogP contribution in [0, 0.1) is 0 Å². The summed E-state index contributed by atoms with van der Waals surface area (Å²) in [5.74, 6) is -0.546. The highest BCUT2D eigenvalue weighted by Gasteiger charge is 2.42. The Hall–Kier alpha value is -3.08. The fraction of sp³-hybridized carbons (Fsp3) is 0.238. The second-order valence-corrected chi connectivity index (χ2v) is 6.41. The van der Waals surface area contributed by atoms with Gasteiger partial charge in [0, 0.05) is 36.2 Å². The summed E-state index contributed by atoms with van der Waals surface area (Å²) in [6, 6.07) is 13.8. The highest BCUT2D eigenvalue weighted by atomic mass is 16.5. The molecule has 5 nitrogen and oxygen atoms in total. The van der Waals surface area contributed by atoms with Crippen molar-refractivity contribution in [3.05, 3.63) is 83.5 Å². The molecule has 1 aliphatic heterocycles. The average Bonchev–Trinajstić information content (AvgIpc) is 2.66. The largest absolute Gasteiger partial charge is 0.494 e. The minimum absolute atomic E-state index is 0.404. The maximum Gasteiger partial charge on any atom is 0.337 e. The van der Waals surface area contributed by atoms with Crippen molar-refractivity contribution in [1.82, 2.24) is 10.3 Å². The lowest BCUT2D eigenvalue weighted by molar-refractivity contribution is -0.143. The Morgan fingerprint density at radius 1 is 1.23 bits per heavy atom. The van der Waals surface area contributed by atoms with E-state index in [4.69, 9.17) is 4.74 Å². The van der Waals surface area contributed by atoms with Crippen LogP contribution in [0.1, 0.15) is 25.0 Å². The normalized spacial score (nSPS) is 19.5. The number of hydrogen-bond donors (Lipinski definition) is 2. The lowest BCUT2D eigenvalue weighted by Gasteiger charge is -2.34.